The number of hydrogen-bond acceptors (Lipinski definition) is 5. The van der Waals surface area contributed by atoms with Crippen LogP contribution in [0.4, 0.5) is 0 Å². The quantitative estimate of drug-likeness (QED) is 0.404. The first-order valence-corrected chi connectivity index (χ1v) is 3.52. The molecule has 0 saturated heterocycles. The minimum atomic E-state index is -0.553. The van der Waals surface area contributed by atoms with Gasteiger partial charge in [0.05, 0.1) is 0 Å². The number of amides is 1. The highest BCUT2D eigenvalue weighted by atomic mass is 32.2. The third-order valence-corrected chi connectivity index (χ3v) is 1.99. The number of nitrogens with two attached hydrogens (primary N) is 3. The largest absolute Gasteiger partial charge is 0.364 e. The number of carbonyl (C=O) groups is 1. The molecule has 0 spiro atoms. The lowest BCUT2D eigenvalue weighted by molar-refractivity contribution is -0.116. The molecule has 10 heavy (non-hydrogen) atoms. The van der Waals surface area contributed by atoms with Crippen LogP contribution >= 0.6 is 11.8 Å². The molecule has 1 atom stereocenters. The Hall–Kier alpha value is -0.720. The van der Waals surface area contributed by atoms with Gasteiger partial charge >= 0.3 is 0 Å². The average molecular weight is 160 g/mol. The summed E-state index contributed by atoms with van der Waals surface area (Å²) in [6.45, 7) is 0. The first-order chi connectivity index (χ1) is 4.63. The van der Waals surface area contributed by atoms with E-state index in [9.17, 15) is 4.79 Å². The molecule has 0 saturated carbocycles. The normalized spacial score (nSPS) is 24.8. The molecule has 56 valence electrons. The molecule has 0 fully saturated rings. The average Bonchev–Trinajstić information content (AvgIpc) is 2.14. The molecule has 1 heterocycles. The standard InChI is InChI=1S/C4H8N4OS/c5-3(9)2-1-10-4(6)8(2)7/h1,4H,6-7H2,(H2,5,9). The topological polar surface area (TPSA) is 98.4 Å². The van der Waals surface area contributed by atoms with Crippen molar-refractivity contribution in [2.24, 2.45) is 17.3 Å². The number of nitrogens with zero attached hydrogens (tertiary/aromatic N) is 1. The van der Waals surface area contributed by atoms with Crippen LogP contribution in [0, 0.1) is 0 Å². The maximum Gasteiger partial charge on any atom is 0.266 e. The predicted octanol–water partition coefficient (Wildman–Crippen LogP) is -1.52. The smallest absolute Gasteiger partial charge is 0.266 e. The van der Waals surface area contributed by atoms with Gasteiger partial charge in [-0.3, -0.25) is 9.80 Å². The molecule has 0 bridgehead atoms. The third-order valence-electron chi connectivity index (χ3n) is 1.12. The lowest BCUT2D eigenvalue weighted by Crippen LogP contribution is -2.43. The molecule has 0 aromatic heterocycles. The Bertz CT molecular complexity index is 192. The highest BCUT2D eigenvalue weighted by molar-refractivity contribution is 8.02. The van der Waals surface area contributed by atoms with Gasteiger partial charge in [-0.05, 0) is 0 Å². The minimum absolute atomic E-state index is 0.262. The van der Waals surface area contributed by atoms with Crippen molar-refractivity contribution >= 4 is 17.7 Å². The van der Waals surface area contributed by atoms with Crippen molar-refractivity contribution in [2.75, 3.05) is 0 Å². The van der Waals surface area contributed by atoms with Gasteiger partial charge in [0.15, 0.2) is 0 Å². The fourth-order valence-electron chi connectivity index (χ4n) is 0.583. The second-order valence-corrected chi connectivity index (χ2v) is 2.79. The van der Waals surface area contributed by atoms with Crippen molar-refractivity contribution in [3.05, 3.63) is 11.1 Å². The van der Waals surface area contributed by atoms with Crippen LogP contribution < -0.4 is 17.3 Å². The van der Waals surface area contributed by atoms with Gasteiger partial charge in [-0.25, -0.2) is 5.84 Å². The first-order valence-electron chi connectivity index (χ1n) is 2.58. The maximum atomic E-state index is 10.5. The van der Waals surface area contributed by atoms with Gasteiger partial charge in [-0.15, -0.1) is 0 Å². The number of hydrogen-bond donors (Lipinski definition) is 3. The van der Waals surface area contributed by atoms with Crippen LogP contribution in [0.5, 0.6) is 0 Å². The van der Waals surface area contributed by atoms with Gasteiger partial charge in [0.1, 0.15) is 11.2 Å². The second-order valence-electron chi connectivity index (χ2n) is 1.80. The summed E-state index contributed by atoms with van der Waals surface area (Å²) in [5, 5.41) is 2.69. The van der Waals surface area contributed by atoms with Gasteiger partial charge in [0.2, 0.25) is 0 Å². The summed E-state index contributed by atoms with van der Waals surface area (Å²) >= 11 is 1.26. The van der Waals surface area contributed by atoms with E-state index in [1.54, 1.807) is 5.41 Å². The van der Waals surface area contributed by atoms with Gasteiger partial charge < -0.3 is 11.5 Å². The van der Waals surface area contributed by atoms with Crippen LogP contribution in [0.25, 0.3) is 0 Å². The fraction of sp³-hybridized carbons (Fsp3) is 0.250. The van der Waals surface area contributed by atoms with E-state index in [-0.39, 0.29) is 11.2 Å². The summed E-state index contributed by atoms with van der Waals surface area (Å²) in [5.41, 5.74) is 10.2. The van der Waals surface area contributed by atoms with Crippen LogP contribution in [-0.4, -0.2) is 16.4 Å². The van der Waals surface area contributed by atoms with Crippen molar-refractivity contribution in [2.45, 2.75) is 5.50 Å². The van der Waals surface area contributed by atoms with E-state index in [0.29, 0.717) is 0 Å². The Morgan fingerprint density at radius 3 is 2.60 bits per heavy atom. The first kappa shape index (κ1) is 7.39. The zero-order chi connectivity index (χ0) is 7.72. The van der Waals surface area contributed by atoms with E-state index in [1.165, 1.54) is 11.8 Å². The molecule has 1 rings (SSSR count). The molecule has 0 aromatic rings. The van der Waals surface area contributed by atoms with Gasteiger partial charge in [-0.1, -0.05) is 11.8 Å². The summed E-state index contributed by atoms with van der Waals surface area (Å²) < 4.78 is 0. The van der Waals surface area contributed by atoms with Gasteiger partial charge in [-0.2, -0.15) is 0 Å². The lowest BCUT2D eigenvalue weighted by Gasteiger charge is -2.17. The Balaban J connectivity index is 2.72. The van der Waals surface area contributed by atoms with Crippen molar-refractivity contribution in [1.29, 1.82) is 0 Å². The van der Waals surface area contributed by atoms with Crippen molar-refractivity contribution < 1.29 is 4.79 Å². The highest BCUT2D eigenvalue weighted by Crippen LogP contribution is 2.23. The zero-order valence-electron chi connectivity index (χ0n) is 5.15. The van der Waals surface area contributed by atoms with E-state index in [4.69, 9.17) is 17.3 Å². The van der Waals surface area contributed by atoms with E-state index >= 15 is 0 Å². The predicted molar refractivity (Wildman–Crippen MR) is 38.9 cm³/mol. The maximum absolute atomic E-state index is 10.5. The van der Waals surface area contributed by atoms with Crippen molar-refractivity contribution in [3.8, 4) is 0 Å². The number of carbonyl (C=O) groups excluding carboxylic acids is 1. The second kappa shape index (κ2) is 2.49. The van der Waals surface area contributed by atoms with Crippen LogP contribution in [0.2, 0.25) is 0 Å². The number of thioether (sulfide) groups is 1. The van der Waals surface area contributed by atoms with E-state index in [0.717, 1.165) is 5.01 Å². The zero-order valence-corrected chi connectivity index (χ0v) is 5.97. The SMILES string of the molecule is NC(=O)C1=CSC(N)N1N. The molecular formula is C4H8N4OS. The summed E-state index contributed by atoms with van der Waals surface area (Å²) in [7, 11) is 0. The summed E-state index contributed by atoms with van der Waals surface area (Å²) in [6, 6.07) is 0. The van der Waals surface area contributed by atoms with Crippen LogP contribution in [-0.2, 0) is 4.79 Å². The molecule has 6 heteroatoms. The highest BCUT2D eigenvalue weighted by Gasteiger charge is 2.23. The monoisotopic (exact) mass is 160 g/mol. The summed E-state index contributed by atoms with van der Waals surface area (Å²) in [6.07, 6.45) is 0. The molecule has 1 aliphatic heterocycles. The molecule has 1 aliphatic rings. The fourth-order valence-corrected chi connectivity index (χ4v) is 1.33. The molecule has 0 aromatic carbocycles. The molecule has 6 N–H and O–H groups in total. The molecule has 1 amide bonds. The number of primary amides is 1. The third kappa shape index (κ3) is 1.08. The van der Waals surface area contributed by atoms with Crippen LogP contribution in [0.15, 0.2) is 11.1 Å². The van der Waals surface area contributed by atoms with Crippen LogP contribution in [0.1, 0.15) is 0 Å². The van der Waals surface area contributed by atoms with Gasteiger partial charge in [0, 0.05) is 5.41 Å². The minimum Gasteiger partial charge on any atom is -0.364 e. The Kier molecular flexibility index (Phi) is 1.84. The lowest BCUT2D eigenvalue weighted by atomic mass is 10.5. The Labute approximate surface area is 62.2 Å². The van der Waals surface area contributed by atoms with E-state index in [2.05, 4.69) is 0 Å². The molecule has 0 radical (unpaired) electrons. The van der Waals surface area contributed by atoms with Crippen LogP contribution in [0.3, 0.4) is 0 Å². The summed E-state index contributed by atoms with van der Waals surface area (Å²) in [5.74, 6) is 4.79. The number of hydrazine groups is 1. The molecule has 5 nitrogen and oxygen atoms in total. The van der Waals surface area contributed by atoms with E-state index < -0.39 is 5.91 Å². The number of rotatable bonds is 1. The molecular weight excluding hydrogens is 152 g/mol. The van der Waals surface area contributed by atoms with Crippen molar-refractivity contribution in [3.63, 3.8) is 0 Å². The Morgan fingerprint density at radius 1 is 1.80 bits per heavy atom. The molecule has 0 aliphatic carbocycles. The van der Waals surface area contributed by atoms with Crippen molar-refractivity contribution in [1.82, 2.24) is 5.01 Å². The summed E-state index contributed by atoms with van der Waals surface area (Å²) in [4.78, 5) is 10.5. The van der Waals surface area contributed by atoms with E-state index in [1.807, 2.05) is 0 Å². The Morgan fingerprint density at radius 2 is 2.40 bits per heavy atom. The van der Waals surface area contributed by atoms with Gasteiger partial charge in [0.25, 0.3) is 5.91 Å². The molecule has 1 unspecified atom stereocenters.